The van der Waals surface area contributed by atoms with Crippen molar-refractivity contribution in [3.8, 4) is 11.5 Å². The van der Waals surface area contributed by atoms with Crippen LogP contribution in [-0.2, 0) is 5.60 Å². The van der Waals surface area contributed by atoms with Gasteiger partial charge in [0.05, 0.1) is 17.7 Å². The number of halogens is 1. The lowest BCUT2D eigenvalue weighted by Gasteiger charge is -2.13. The Bertz CT molecular complexity index is 372. The topological polar surface area (TPSA) is 49.7 Å². The van der Waals surface area contributed by atoms with Crippen molar-refractivity contribution in [2.45, 2.75) is 18.4 Å². The third kappa shape index (κ3) is 1.42. The van der Waals surface area contributed by atoms with Crippen molar-refractivity contribution in [2.24, 2.45) is 0 Å². The quantitative estimate of drug-likeness (QED) is 0.792. The lowest BCUT2D eigenvalue weighted by atomic mass is 10.1. The van der Waals surface area contributed by atoms with Crippen molar-refractivity contribution >= 4 is 11.6 Å². The monoisotopic (exact) mass is 214 g/mol. The van der Waals surface area contributed by atoms with Gasteiger partial charge in [-0.05, 0) is 18.9 Å². The SMILES string of the molecule is COc1cc(C2(O)CC2)c(Cl)cc1O. The van der Waals surface area contributed by atoms with Gasteiger partial charge < -0.3 is 14.9 Å². The van der Waals surface area contributed by atoms with E-state index < -0.39 is 5.60 Å². The molecule has 14 heavy (non-hydrogen) atoms. The third-order valence-corrected chi connectivity index (χ3v) is 2.81. The van der Waals surface area contributed by atoms with Gasteiger partial charge in [-0.15, -0.1) is 0 Å². The summed E-state index contributed by atoms with van der Waals surface area (Å²) < 4.78 is 4.94. The summed E-state index contributed by atoms with van der Waals surface area (Å²) in [6.07, 6.45) is 1.42. The summed E-state index contributed by atoms with van der Waals surface area (Å²) in [6, 6.07) is 2.98. The van der Waals surface area contributed by atoms with E-state index in [-0.39, 0.29) is 5.75 Å². The van der Waals surface area contributed by atoms with E-state index in [1.54, 1.807) is 6.07 Å². The maximum atomic E-state index is 9.87. The summed E-state index contributed by atoms with van der Waals surface area (Å²) in [5.74, 6) is 0.329. The minimum absolute atomic E-state index is 0.00880. The Kier molecular flexibility index (Phi) is 2.09. The molecular weight excluding hydrogens is 204 g/mol. The molecule has 0 bridgehead atoms. The second kappa shape index (κ2) is 3.04. The van der Waals surface area contributed by atoms with Gasteiger partial charge in [0.1, 0.15) is 0 Å². The minimum atomic E-state index is -0.807. The molecule has 0 unspecified atom stereocenters. The molecule has 0 saturated heterocycles. The first-order chi connectivity index (χ1) is 6.57. The Morgan fingerprint density at radius 3 is 2.57 bits per heavy atom. The Morgan fingerprint density at radius 2 is 2.07 bits per heavy atom. The van der Waals surface area contributed by atoms with Gasteiger partial charge >= 0.3 is 0 Å². The highest BCUT2D eigenvalue weighted by molar-refractivity contribution is 6.31. The van der Waals surface area contributed by atoms with Crippen molar-refractivity contribution in [1.82, 2.24) is 0 Å². The van der Waals surface area contributed by atoms with Crippen LogP contribution in [0.3, 0.4) is 0 Å². The Balaban J connectivity index is 2.50. The number of hydrogen-bond donors (Lipinski definition) is 2. The average molecular weight is 215 g/mol. The van der Waals surface area contributed by atoms with E-state index in [2.05, 4.69) is 0 Å². The van der Waals surface area contributed by atoms with Gasteiger partial charge in [0, 0.05) is 11.6 Å². The lowest BCUT2D eigenvalue weighted by molar-refractivity contribution is 0.151. The van der Waals surface area contributed by atoms with Gasteiger partial charge in [0.2, 0.25) is 0 Å². The Hall–Kier alpha value is -0.930. The van der Waals surface area contributed by atoms with Crippen LogP contribution in [0.25, 0.3) is 0 Å². The molecule has 3 nitrogen and oxygen atoms in total. The maximum Gasteiger partial charge on any atom is 0.160 e. The molecule has 1 aromatic rings. The van der Waals surface area contributed by atoms with E-state index in [1.165, 1.54) is 13.2 Å². The molecule has 0 aromatic heterocycles. The van der Waals surface area contributed by atoms with Crippen LogP contribution < -0.4 is 4.74 Å². The zero-order valence-electron chi connectivity index (χ0n) is 7.75. The summed E-state index contributed by atoms with van der Waals surface area (Å²) in [6.45, 7) is 0. The number of benzene rings is 1. The summed E-state index contributed by atoms with van der Waals surface area (Å²) in [4.78, 5) is 0. The van der Waals surface area contributed by atoms with Crippen molar-refractivity contribution in [1.29, 1.82) is 0 Å². The van der Waals surface area contributed by atoms with Gasteiger partial charge in [-0.3, -0.25) is 0 Å². The maximum absolute atomic E-state index is 9.87. The van der Waals surface area contributed by atoms with Crippen molar-refractivity contribution in [3.05, 3.63) is 22.7 Å². The van der Waals surface area contributed by atoms with E-state index in [0.717, 1.165) is 0 Å². The molecule has 2 rings (SSSR count). The highest BCUT2D eigenvalue weighted by Gasteiger charge is 2.44. The van der Waals surface area contributed by atoms with Gasteiger partial charge in [-0.2, -0.15) is 0 Å². The molecular formula is C10H11ClO3. The number of aliphatic hydroxyl groups is 1. The molecule has 0 heterocycles. The van der Waals surface area contributed by atoms with Crippen LogP contribution in [0.5, 0.6) is 11.5 Å². The van der Waals surface area contributed by atoms with Crippen molar-refractivity contribution in [2.75, 3.05) is 7.11 Å². The third-order valence-electron chi connectivity index (χ3n) is 2.49. The molecule has 2 N–H and O–H groups in total. The van der Waals surface area contributed by atoms with Crippen molar-refractivity contribution in [3.63, 3.8) is 0 Å². The predicted octanol–water partition coefficient (Wildman–Crippen LogP) is 2.04. The summed E-state index contributed by atoms with van der Waals surface area (Å²) >= 11 is 5.91. The number of phenolic OH excluding ortho intramolecular Hbond substituents is 1. The van der Waals surface area contributed by atoms with E-state index in [0.29, 0.717) is 29.2 Å². The Morgan fingerprint density at radius 1 is 1.43 bits per heavy atom. The lowest BCUT2D eigenvalue weighted by Crippen LogP contribution is -2.05. The average Bonchev–Trinajstić information content (AvgIpc) is 2.85. The summed E-state index contributed by atoms with van der Waals surface area (Å²) in [5.41, 5.74) is -0.174. The number of rotatable bonds is 2. The molecule has 0 amide bonds. The molecule has 1 saturated carbocycles. The van der Waals surface area contributed by atoms with Crippen LogP contribution >= 0.6 is 11.6 Å². The van der Waals surface area contributed by atoms with E-state index >= 15 is 0 Å². The van der Waals surface area contributed by atoms with Crippen LogP contribution in [0.1, 0.15) is 18.4 Å². The normalized spacial score (nSPS) is 17.9. The van der Waals surface area contributed by atoms with Crippen molar-refractivity contribution < 1.29 is 14.9 Å². The molecule has 0 spiro atoms. The molecule has 76 valence electrons. The van der Waals surface area contributed by atoms with E-state index in [4.69, 9.17) is 16.3 Å². The highest BCUT2D eigenvalue weighted by Crippen LogP contribution is 2.50. The number of aromatic hydroxyl groups is 1. The van der Waals surface area contributed by atoms with Crippen LogP contribution in [0.15, 0.2) is 12.1 Å². The van der Waals surface area contributed by atoms with E-state index in [1.807, 2.05) is 0 Å². The van der Waals surface area contributed by atoms with Crippen LogP contribution in [0.2, 0.25) is 5.02 Å². The molecule has 1 fully saturated rings. The van der Waals surface area contributed by atoms with Gasteiger partial charge in [0.15, 0.2) is 11.5 Å². The summed E-state index contributed by atoms with van der Waals surface area (Å²) in [5, 5.41) is 19.7. The first-order valence-electron chi connectivity index (χ1n) is 4.36. The second-order valence-corrected chi connectivity index (χ2v) is 3.94. The molecule has 1 aliphatic rings. The number of ether oxygens (including phenoxy) is 1. The number of phenols is 1. The molecule has 1 aliphatic carbocycles. The first kappa shape index (κ1) is 9.62. The molecule has 1 aromatic carbocycles. The van der Waals surface area contributed by atoms with Gasteiger partial charge in [0.25, 0.3) is 0 Å². The van der Waals surface area contributed by atoms with Gasteiger partial charge in [-0.1, -0.05) is 11.6 Å². The minimum Gasteiger partial charge on any atom is -0.504 e. The highest BCUT2D eigenvalue weighted by atomic mass is 35.5. The van der Waals surface area contributed by atoms with E-state index in [9.17, 15) is 10.2 Å². The summed E-state index contributed by atoms with van der Waals surface area (Å²) in [7, 11) is 1.46. The Labute approximate surface area is 86.9 Å². The predicted molar refractivity (Wildman–Crippen MR) is 52.8 cm³/mol. The van der Waals surface area contributed by atoms with Crippen LogP contribution in [-0.4, -0.2) is 17.3 Å². The fourth-order valence-electron chi connectivity index (χ4n) is 1.45. The first-order valence-corrected chi connectivity index (χ1v) is 4.74. The standard InChI is InChI=1S/C10H11ClO3/c1-14-9-4-6(10(13)2-3-10)7(11)5-8(9)12/h4-5,12-13H,2-3H2,1H3. The fourth-order valence-corrected chi connectivity index (χ4v) is 1.78. The van der Waals surface area contributed by atoms with Crippen LogP contribution in [0, 0.1) is 0 Å². The van der Waals surface area contributed by atoms with Gasteiger partial charge in [-0.25, -0.2) is 0 Å². The number of methoxy groups -OCH3 is 1. The fraction of sp³-hybridized carbons (Fsp3) is 0.400. The molecule has 4 heteroatoms. The largest absolute Gasteiger partial charge is 0.504 e. The smallest absolute Gasteiger partial charge is 0.160 e. The second-order valence-electron chi connectivity index (χ2n) is 3.54. The molecule has 0 aliphatic heterocycles. The number of hydrogen-bond acceptors (Lipinski definition) is 3. The molecule has 0 atom stereocenters. The van der Waals surface area contributed by atoms with Crippen LogP contribution in [0.4, 0.5) is 0 Å². The zero-order chi connectivity index (χ0) is 10.3. The zero-order valence-corrected chi connectivity index (χ0v) is 8.51. The molecule has 0 radical (unpaired) electrons.